The SMILES string of the molecule is COc1cc2c(Oc3ccc(-c4cnc(Cc5ccccc5)n(C)c4=O)cc3F)ccnc2cc1O. The van der Waals surface area contributed by atoms with Gasteiger partial charge in [-0.2, -0.15) is 0 Å². The van der Waals surface area contributed by atoms with Gasteiger partial charge in [0.05, 0.1) is 18.2 Å². The van der Waals surface area contributed by atoms with Gasteiger partial charge in [-0.3, -0.25) is 14.3 Å². The highest BCUT2D eigenvalue weighted by Crippen LogP contribution is 2.37. The van der Waals surface area contributed by atoms with E-state index < -0.39 is 5.82 Å². The van der Waals surface area contributed by atoms with Crippen LogP contribution in [0.2, 0.25) is 0 Å². The highest BCUT2D eigenvalue weighted by molar-refractivity contribution is 5.88. The Hall–Kier alpha value is -4.72. The molecule has 5 aromatic rings. The van der Waals surface area contributed by atoms with Gasteiger partial charge in [0.15, 0.2) is 23.1 Å². The first-order chi connectivity index (χ1) is 17.4. The second-order valence-corrected chi connectivity index (χ2v) is 8.21. The van der Waals surface area contributed by atoms with Crippen LogP contribution in [0.1, 0.15) is 11.4 Å². The molecular formula is C28H22FN3O4. The number of methoxy groups -OCH3 is 1. The van der Waals surface area contributed by atoms with Crippen molar-refractivity contribution >= 4 is 10.9 Å². The highest BCUT2D eigenvalue weighted by atomic mass is 19.1. The van der Waals surface area contributed by atoms with Crippen LogP contribution in [0.25, 0.3) is 22.0 Å². The molecule has 7 nitrogen and oxygen atoms in total. The van der Waals surface area contributed by atoms with Crippen LogP contribution in [-0.2, 0) is 13.5 Å². The fourth-order valence-corrected chi connectivity index (χ4v) is 3.98. The normalized spacial score (nSPS) is 11.0. The van der Waals surface area contributed by atoms with Crippen LogP contribution in [0, 0.1) is 5.82 Å². The molecular weight excluding hydrogens is 461 g/mol. The summed E-state index contributed by atoms with van der Waals surface area (Å²) in [7, 11) is 3.09. The average molecular weight is 483 g/mol. The number of rotatable bonds is 6. The van der Waals surface area contributed by atoms with Crippen molar-refractivity contribution in [3.8, 4) is 34.1 Å². The minimum absolute atomic E-state index is 0.0243. The standard InChI is InChI=1S/C28H22FN3O4/c1-32-27(12-17-6-4-3-5-7-17)31-16-20(28(32)34)18-8-9-25(21(29)13-18)36-24-10-11-30-22-15-23(33)26(35-2)14-19(22)24/h3-11,13-16,33H,12H2,1-2H3. The van der Waals surface area contributed by atoms with Gasteiger partial charge in [-0.1, -0.05) is 36.4 Å². The molecule has 0 spiro atoms. The predicted octanol–water partition coefficient (Wildman–Crippen LogP) is 5.23. The van der Waals surface area contributed by atoms with E-state index in [-0.39, 0.29) is 28.4 Å². The van der Waals surface area contributed by atoms with E-state index in [1.165, 1.54) is 42.3 Å². The van der Waals surface area contributed by atoms with Gasteiger partial charge in [-0.05, 0) is 35.4 Å². The molecule has 3 aromatic carbocycles. The predicted molar refractivity (Wildman–Crippen MR) is 134 cm³/mol. The zero-order chi connectivity index (χ0) is 25.2. The summed E-state index contributed by atoms with van der Waals surface area (Å²) >= 11 is 0. The molecule has 0 fully saturated rings. The lowest BCUT2D eigenvalue weighted by Crippen LogP contribution is -2.23. The minimum atomic E-state index is -0.640. The molecule has 2 aromatic heterocycles. The van der Waals surface area contributed by atoms with E-state index in [0.29, 0.717) is 34.5 Å². The van der Waals surface area contributed by atoms with E-state index >= 15 is 4.39 Å². The first-order valence-corrected chi connectivity index (χ1v) is 11.2. The third-order valence-corrected chi connectivity index (χ3v) is 5.93. The number of ether oxygens (including phenoxy) is 2. The van der Waals surface area contributed by atoms with Crippen LogP contribution in [0.3, 0.4) is 0 Å². The Morgan fingerprint density at radius 3 is 2.53 bits per heavy atom. The van der Waals surface area contributed by atoms with E-state index in [9.17, 15) is 9.90 Å². The summed E-state index contributed by atoms with van der Waals surface area (Å²) in [6.07, 6.45) is 3.49. The van der Waals surface area contributed by atoms with Crippen molar-refractivity contribution in [3.05, 3.63) is 107 Å². The van der Waals surface area contributed by atoms with Crippen LogP contribution in [0.15, 0.2) is 83.9 Å². The molecule has 0 saturated heterocycles. The number of hydrogen-bond donors (Lipinski definition) is 1. The van der Waals surface area contributed by atoms with Gasteiger partial charge in [0.25, 0.3) is 5.56 Å². The summed E-state index contributed by atoms with van der Waals surface area (Å²) < 4.78 is 27.6. The number of phenols is 1. The monoisotopic (exact) mass is 483 g/mol. The largest absolute Gasteiger partial charge is 0.504 e. The summed E-state index contributed by atoms with van der Waals surface area (Å²) in [5.41, 5.74) is 1.92. The Balaban J connectivity index is 1.45. The number of pyridine rings is 1. The maximum Gasteiger partial charge on any atom is 0.261 e. The summed E-state index contributed by atoms with van der Waals surface area (Å²) in [6.45, 7) is 0. The number of nitrogens with zero attached hydrogens (tertiary/aromatic N) is 3. The molecule has 0 radical (unpaired) electrons. The summed E-state index contributed by atoms with van der Waals surface area (Å²) in [5, 5.41) is 10.6. The summed E-state index contributed by atoms with van der Waals surface area (Å²) in [6, 6.07) is 18.7. The highest BCUT2D eigenvalue weighted by Gasteiger charge is 2.15. The number of hydrogen-bond acceptors (Lipinski definition) is 6. The van der Waals surface area contributed by atoms with Gasteiger partial charge in [-0.25, -0.2) is 9.37 Å². The lowest BCUT2D eigenvalue weighted by atomic mass is 10.1. The molecule has 0 saturated carbocycles. The van der Waals surface area contributed by atoms with E-state index in [1.54, 1.807) is 25.2 Å². The maximum atomic E-state index is 15.1. The van der Waals surface area contributed by atoms with Gasteiger partial charge in [0.1, 0.15) is 11.6 Å². The van der Waals surface area contributed by atoms with Crippen molar-refractivity contribution < 1.29 is 19.0 Å². The van der Waals surface area contributed by atoms with Crippen LogP contribution >= 0.6 is 0 Å². The topological polar surface area (TPSA) is 86.5 Å². The van der Waals surface area contributed by atoms with Crippen molar-refractivity contribution in [2.75, 3.05) is 7.11 Å². The van der Waals surface area contributed by atoms with Gasteiger partial charge < -0.3 is 14.6 Å². The number of benzene rings is 3. The van der Waals surface area contributed by atoms with Gasteiger partial charge in [-0.15, -0.1) is 0 Å². The third kappa shape index (κ3) is 4.36. The van der Waals surface area contributed by atoms with Crippen LogP contribution in [0.5, 0.6) is 23.0 Å². The number of aromatic hydroxyl groups is 1. The molecule has 0 aliphatic rings. The number of aromatic nitrogens is 3. The molecule has 8 heteroatoms. The third-order valence-electron chi connectivity index (χ3n) is 5.93. The van der Waals surface area contributed by atoms with Crippen molar-refractivity contribution in [1.82, 2.24) is 14.5 Å². The fourth-order valence-electron chi connectivity index (χ4n) is 3.98. The van der Waals surface area contributed by atoms with Gasteiger partial charge in [0.2, 0.25) is 0 Å². The Morgan fingerprint density at radius 1 is 0.972 bits per heavy atom. The summed E-state index contributed by atoms with van der Waals surface area (Å²) in [5.74, 6) is 0.474. The Morgan fingerprint density at radius 2 is 1.78 bits per heavy atom. The Kier molecular flexibility index (Phi) is 6.08. The zero-order valence-corrected chi connectivity index (χ0v) is 19.6. The molecule has 0 amide bonds. The van der Waals surface area contributed by atoms with Crippen molar-refractivity contribution in [1.29, 1.82) is 0 Å². The lowest BCUT2D eigenvalue weighted by molar-refractivity contribution is 0.374. The molecule has 2 heterocycles. The molecule has 0 unspecified atom stereocenters. The van der Waals surface area contributed by atoms with Crippen molar-refractivity contribution in [2.45, 2.75) is 6.42 Å². The summed E-state index contributed by atoms with van der Waals surface area (Å²) in [4.78, 5) is 21.7. The maximum absolute atomic E-state index is 15.1. The second-order valence-electron chi connectivity index (χ2n) is 8.21. The first-order valence-electron chi connectivity index (χ1n) is 11.2. The molecule has 5 rings (SSSR count). The lowest BCUT2D eigenvalue weighted by Gasteiger charge is -2.13. The van der Waals surface area contributed by atoms with Gasteiger partial charge in [0, 0.05) is 37.3 Å². The van der Waals surface area contributed by atoms with Gasteiger partial charge >= 0.3 is 0 Å². The van der Waals surface area contributed by atoms with E-state index in [0.717, 1.165) is 5.56 Å². The second kappa shape index (κ2) is 9.50. The number of fused-ring (bicyclic) bond motifs is 1. The van der Waals surface area contributed by atoms with Crippen LogP contribution < -0.4 is 15.0 Å². The molecule has 180 valence electrons. The van der Waals surface area contributed by atoms with Crippen LogP contribution in [-0.4, -0.2) is 26.8 Å². The Labute approximate surface area is 206 Å². The van der Waals surface area contributed by atoms with Crippen LogP contribution in [0.4, 0.5) is 4.39 Å². The quantitative estimate of drug-likeness (QED) is 0.356. The fraction of sp³-hybridized carbons (Fsp3) is 0.107. The van der Waals surface area contributed by atoms with E-state index in [4.69, 9.17) is 9.47 Å². The molecule has 1 N–H and O–H groups in total. The van der Waals surface area contributed by atoms with E-state index in [1.807, 2.05) is 30.3 Å². The molecule has 0 atom stereocenters. The molecule has 0 aliphatic carbocycles. The smallest absolute Gasteiger partial charge is 0.261 e. The molecule has 36 heavy (non-hydrogen) atoms. The number of halogens is 1. The number of phenolic OH excluding ortho intramolecular Hbond substituents is 1. The Bertz CT molecular complexity index is 1630. The molecule has 0 bridgehead atoms. The average Bonchev–Trinajstić information content (AvgIpc) is 2.88. The first kappa shape index (κ1) is 23.0. The molecule has 0 aliphatic heterocycles. The van der Waals surface area contributed by atoms with Crippen molar-refractivity contribution in [3.63, 3.8) is 0 Å². The zero-order valence-electron chi connectivity index (χ0n) is 19.6. The minimum Gasteiger partial charge on any atom is -0.504 e. The van der Waals surface area contributed by atoms with Crippen molar-refractivity contribution in [2.24, 2.45) is 7.05 Å². The van der Waals surface area contributed by atoms with E-state index in [2.05, 4.69) is 9.97 Å².